The Labute approximate surface area is 143 Å². The van der Waals surface area contributed by atoms with Gasteiger partial charge < -0.3 is 9.26 Å². The van der Waals surface area contributed by atoms with E-state index in [2.05, 4.69) is 32.6 Å². The van der Waals surface area contributed by atoms with Crippen LogP contribution in [0, 0.1) is 0 Å². The molecule has 0 saturated carbocycles. The molecule has 0 spiro atoms. The fourth-order valence-electron chi connectivity index (χ4n) is 2.14. The van der Waals surface area contributed by atoms with E-state index in [-0.39, 0.29) is 0 Å². The average molecular weight is 346 g/mol. The second kappa shape index (κ2) is 7.91. The number of rotatable bonds is 8. The van der Waals surface area contributed by atoms with Crippen LogP contribution < -0.4 is 4.74 Å². The van der Waals surface area contributed by atoms with Crippen LogP contribution in [0.5, 0.6) is 5.75 Å². The van der Waals surface area contributed by atoms with E-state index >= 15 is 0 Å². The smallest absolute Gasteiger partial charge is 0.237 e. The summed E-state index contributed by atoms with van der Waals surface area (Å²) in [4.78, 5) is 4.38. The molecule has 0 aliphatic heterocycles. The first-order chi connectivity index (χ1) is 11.8. The summed E-state index contributed by atoms with van der Waals surface area (Å²) in [5, 5.41) is 16.5. The predicted octanol–water partition coefficient (Wildman–Crippen LogP) is 2.69. The van der Waals surface area contributed by atoms with Crippen molar-refractivity contribution < 1.29 is 9.26 Å². The molecular formula is C15H18N6O2S. The minimum absolute atomic E-state index is 0.509. The Kier molecular flexibility index (Phi) is 5.42. The summed E-state index contributed by atoms with van der Waals surface area (Å²) in [5.41, 5.74) is 0.779. The van der Waals surface area contributed by atoms with Crippen molar-refractivity contribution in [3.8, 4) is 11.4 Å². The molecule has 9 heteroatoms. The lowest BCUT2D eigenvalue weighted by Crippen LogP contribution is -2.01. The number of hydrogen-bond acceptors (Lipinski definition) is 8. The van der Waals surface area contributed by atoms with Crippen molar-refractivity contribution in [1.82, 2.24) is 30.3 Å². The fourth-order valence-corrected chi connectivity index (χ4v) is 2.86. The zero-order valence-electron chi connectivity index (χ0n) is 13.5. The Hall–Kier alpha value is -2.42. The van der Waals surface area contributed by atoms with Crippen molar-refractivity contribution in [2.24, 2.45) is 0 Å². The van der Waals surface area contributed by atoms with Gasteiger partial charge in [-0.2, -0.15) is 9.67 Å². The number of aryl methyl sites for hydroxylation is 1. The molecule has 1 aromatic carbocycles. The van der Waals surface area contributed by atoms with Gasteiger partial charge in [-0.15, -0.1) is 5.10 Å². The molecule has 0 N–H and O–H groups in total. The van der Waals surface area contributed by atoms with Crippen LogP contribution in [0.15, 0.2) is 33.9 Å². The van der Waals surface area contributed by atoms with Gasteiger partial charge in [0.2, 0.25) is 11.0 Å². The molecule has 3 aromatic rings. The van der Waals surface area contributed by atoms with Crippen molar-refractivity contribution >= 4 is 11.8 Å². The van der Waals surface area contributed by atoms with Crippen molar-refractivity contribution in [2.45, 2.75) is 37.1 Å². The van der Waals surface area contributed by atoms with Crippen LogP contribution in [-0.2, 0) is 12.2 Å². The van der Waals surface area contributed by atoms with Crippen molar-refractivity contribution in [1.29, 1.82) is 0 Å². The summed E-state index contributed by atoms with van der Waals surface area (Å²) < 4.78 is 12.3. The molecule has 126 valence electrons. The van der Waals surface area contributed by atoms with E-state index in [9.17, 15) is 0 Å². The lowest BCUT2D eigenvalue weighted by atomic mass is 10.2. The summed E-state index contributed by atoms with van der Waals surface area (Å²) in [7, 11) is 1.62. The van der Waals surface area contributed by atoms with E-state index in [0.29, 0.717) is 22.5 Å². The molecule has 0 amide bonds. The van der Waals surface area contributed by atoms with Crippen LogP contribution in [0.1, 0.15) is 31.5 Å². The largest absolute Gasteiger partial charge is 0.494 e. The Balaban J connectivity index is 1.71. The van der Waals surface area contributed by atoms with Gasteiger partial charge in [-0.05, 0) is 29.0 Å². The molecule has 2 aromatic heterocycles. The van der Waals surface area contributed by atoms with Gasteiger partial charge in [0, 0.05) is 6.42 Å². The first-order valence-electron chi connectivity index (χ1n) is 7.68. The molecule has 0 saturated heterocycles. The molecule has 3 rings (SSSR count). The third-order valence-electron chi connectivity index (χ3n) is 3.34. The van der Waals surface area contributed by atoms with E-state index in [1.807, 2.05) is 24.3 Å². The van der Waals surface area contributed by atoms with Gasteiger partial charge in [-0.3, -0.25) is 0 Å². The molecular weight excluding hydrogens is 328 g/mol. The SMILES string of the molecule is CCCCc1noc(CSc2nnnn2-c2ccccc2OC)n1. The number of hydrogen-bond donors (Lipinski definition) is 0. The van der Waals surface area contributed by atoms with Gasteiger partial charge in [0.1, 0.15) is 11.4 Å². The van der Waals surface area contributed by atoms with Crippen molar-refractivity contribution in [3.05, 3.63) is 36.0 Å². The van der Waals surface area contributed by atoms with E-state index in [4.69, 9.17) is 9.26 Å². The lowest BCUT2D eigenvalue weighted by molar-refractivity contribution is 0.384. The summed E-state index contributed by atoms with van der Waals surface area (Å²) in [6.07, 6.45) is 2.99. The average Bonchev–Trinajstić information content (AvgIpc) is 3.27. The highest BCUT2D eigenvalue weighted by atomic mass is 32.2. The van der Waals surface area contributed by atoms with Gasteiger partial charge in [0.05, 0.1) is 12.9 Å². The number of para-hydroxylation sites is 2. The number of nitrogens with zero attached hydrogens (tertiary/aromatic N) is 6. The lowest BCUT2D eigenvalue weighted by Gasteiger charge is -2.08. The summed E-state index contributed by atoms with van der Waals surface area (Å²) in [6.45, 7) is 2.13. The topological polar surface area (TPSA) is 91.8 Å². The van der Waals surface area contributed by atoms with Gasteiger partial charge in [-0.1, -0.05) is 42.4 Å². The number of tetrazole rings is 1. The van der Waals surface area contributed by atoms with Crippen LogP contribution in [0.25, 0.3) is 5.69 Å². The Bertz CT molecular complexity index is 788. The highest BCUT2D eigenvalue weighted by Gasteiger charge is 2.15. The zero-order chi connectivity index (χ0) is 16.8. The Morgan fingerprint density at radius 1 is 1.29 bits per heavy atom. The maximum atomic E-state index is 5.36. The molecule has 0 bridgehead atoms. The minimum Gasteiger partial charge on any atom is -0.494 e. The number of methoxy groups -OCH3 is 1. The fraction of sp³-hybridized carbons (Fsp3) is 0.400. The summed E-state index contributed by atoms with van der Waals surface area (Å²) in [5.74, 6) is 2.53. The van der Waals surface area contributed by atoms with E-state index in [0.717, 1.165) is 30.8 Å². The molecule has 24 heavy (non-hydrogen) atoms. The third kappa shape index (κ3) is 3.73. The summed E-state index contributed by atoms with van der Waals surface area (Å²) in [6, 6.07) is 7.57. The van der Waals surface area contributed by atoms with Gasteiger partial charge >= 0.3 is 0 Å². The van der Waals surface area contributed by atoms with E-state index in [1.165, 1.54) is 11.8 Å². The number of ether oxygens (including phenoxy) is 1. The van der Waals surface area contributed by atoms with E-state index < -0.39 is 0 Å². The standard InChI is InChI=1S/C15H18N6O2S/c1-3-4-9-13-16-14(23-18-13)10-24-15-17-19-20-21(15)11-7-5-6-8-12(11)22-2/h5-8H,3-4,9-10H2,1-2H3. The molecule has 0 aliphatic carbocycles. The molecule has 0 aliphatic rings. The number of unbranched alkanes of at least 4 members (excludes halogenated alkanes) is 1. The molecule has 0 radical (unpaired) electrons. The van der Waals surface area contributed by atoms with Crippen LogP contribution >= 0.6 is 11.8 Å². The van der Waals surface area contributed by atoms with Crippen LogP contribution in [0.4, 0.5) is 0 Å². The Morgan fingerprint density at radius 2 is 2.17 bits per heavy atom. The predicted molar refractivity (Wildman–Crippen MR) is 88.2 cm³/mol. The van der Waals surface area contributed by atoms with Crippen LogP contribution in [0.3, 0.4) is 0 Å². The van der Waals surface area contributed by atoms with E-state index in [1.54, 1.807) is 11.8 Å². The van der Waals surface area contributed by atoms with Crippen molar-refractivity contribution in [2.75, 3.05) is 7.11 Å². The zero-order valence-corrected chi connectivity index (χ0v) is 14.4. The van der Waals surface area contributed by atoms with Crippen LogP contribution in [-0.4, -0.2) is 37.5 Å². The molecule has 0 fully saturated rings. The first-order valence-corrected chi connectivity index (χ1v) is 8.66. The maximum absolute atomic E-state index is 5.36. The highest BCUT2D eigenvalue weighted by molar-refractivity contribution is 7.98. The van der Waals surface area contributed by atoms with Gasteiger partial charge in [0.15, 0.2) is 5.82 Å². The normalized spacial score (nSPS) is 10.9. The minimum atomic E-state index is 0.509. The number of benzene rings is 1. The maximum Gasteiger partial charge on any atom is 0.237 e. The quantitative estimate of drug-likeness (QED) is 0.575. The molecule has 0 unspecified atom stereocenters. The monoisotopic (exact) mass is 346 g/mol. The van der Waals surface area contributed by atoms with Gasteiger partial charge in [-0.25, -0.2) is 0 Å². The third-order valence-corrected chi connectivity index (χ3v) is 4.25. The first kappa shape index (κ1) is 16.4. The molecule has 0 atom stereocenters. The Morgan fingerprint density at radius 3 is 3.00 bits per heavy atom. The second-order valence-corrected chi connectivity index (χ2v) is 5.98. The molecule has 8 nitrogen and oxygen atoms in total. The molecule has 2 heterocycles. The van der Waals surface area contributed by atoms with Crippen LogP contribution in [0.2, 0.25) is 0 Å². The summed E-state index contributed by atoms with van der Waals surface area (Å²) >= 11 is 1.43. The highest BCUT2D eigenvalue weighted by Crippen LogP contribution is 2.26. The number of aromatic nitrogens is 6. The van der Waals surface area contributed by atoms with Crippen molar-refractivity contribution in [3.63, 3.8) is 0 Å². The number of thioether (sulfide) groups is 1. The second-order valence-electron chi connectivity index (χ2n) is 5.04. The van der Waals surface area contributed by atoms with Gasteiger partial charge in [0.25, 0.3) is 0 Å².